The van der Waals surface area contributed by atoms with Gasteiger partial charge in [0, 0.05) is 5.69 Å². The van der Waals surface area contributed by atoms with Gasteiger partial charge < -0.3 is 15.0 Å². The fourth-order valence-electron chi connectivity index (χ4n) is 5.15. The van der Waals surface area contributed by atoms with Crippen molar-refractivity contribution in [3.8, 4) is 11.1 Å². The van der Waals surface area contributed by atoms with Crippen molar-refractivity contribution in [1.29, 1.82) is 0 Å². The Balaban J connectivity index is 1.33. The minimum atomic E-state index is -3.97. The van der Waals surface area contributed by atoms with Crippen LogP contribution in [0.4, 0.5) is 11.6 Å². The summed E-state index contributed by atoms with van der Waals surface area (Å²) >= 11 is 0. The van der Waals surface area contributed by atoms with Gasteiger partial charge in [-0.05, 0) is 79.3 Å². The number of carbonyl (C=O) groups is 1. The molecule has 1 atom stereocenters. The molecule has 0 aliphatic heterocycles. The van der Waals surface area contributed by atoms with Crippen LogP contribution < -0.4 is 10.0 Å². The van der Waals surface area contributed by atoms with Gasteiger partial charge in [-0.3, -0.25) is 4.79 Å². The summed E-state index contributed by atoms with van der Waals surface area (Å²) in [5.74, 6) is 0.00968. The molecule has 0 spiro atoms. The van der Waals surface area contributed by atoms with E-state index >= 15 is 0 Å². The van der Waals surface area contributed by atoms with Crippen molar-refractivity contribution in [2.75, 3.05) is 12.4 Å². The molecule has 0 fully saturated rings. The molecular formula is C32H32N4O4S. The number of esters is 1. The van der Waals surface area contributed by atoms with Crippen molar-refractivity contribution in [3.63, 3.8) is 0 Å². The number of sulfonamides is 1. The topological polar surface area (TPSA) is 113 Å². The second kappa shape index (κ2) is 11.6. The Morgan fingerprint density at radius 1 is 0.902 bits per heavy atom. The van der Waals surface area contributed by atoms with Crippen LogP contribution in [0.3, 0.4) is 0 Å². The van der Waals surface area contributed by atoms with Gasteiger partial charge in [-0.15, -0.1) is 0 Å². The van der Waals surface area contributed by atoms with Gasteiger partial charge >= 0.3 is 5.97 Å². The first kappa shape index (κ1) is 28.1. The zero-order valence-electron chi connectivity index (χ0n) is 23.4. The molecule has 9 heteroatoms. The average Bonchev–Trinajstić information content (AvgIpc) is 3.34. The van der Waals surface area contributed by atoms with E-state index in [1.807, 2.05) is 91.9 Å². The van der Waals surface area contributed by atoms with E-state index in [2.05, 4.69) is 20.0 Å². The van der Waals surface area contributed by atoms with Crippen LogP contribution in [-0.2, 0) is 26.0 Å². The quantitative estimate of drug-likeness (QED) is 0.189. The van der Waals surface area contributed by atoms with E-state index in [4.69, 9.17) is 4.74 Å². The number of hydrogen-bond donors (Lipinski definition) is 3. The third-order valence-corrected chi connectivity index (χ3v) is 8.67. The number of para-hydroxylation sites is 2. The Morgan fingerprint density at radius 3 is 2.29 bits per heavy atom. The summed E-state index contributed by atoms with van der Waals surface area (Å²) in [4.78, 5) is 20.6. The lowest BCUT2D eigenvalue weighted by Crippen LogP contribution is -2.43. The van der Waals surface area contributed by atoms with Crippen LogP contribution in [-0.4, -0.2) is 37.5 Å². The Kier molecular flexibility index (Phi) is 7.92. The van der Waals surface area contributed by atoms with E-state index in [0.29, 0.717) is 17.1 Å². The van der Waals surface area contributed by atoms with Crippen molar-refractivity contribution < 1.29 is 17.9 Å². The first-order valence-electron chi connectivity index (χ1n) is 13.2. The number of aryl methyl sites for hydroxylation is 3. The van der Waals surface area contributed by atoms with Crippen LogP contribution in [0, 0.1) is 20.8 Å². The molecule has 0 aliphatic rings. The largest absolute Gasteiger partial charge is 0.468 e. The molecule has 4 aromatic carbocycles. The van der Waals surface area contributed by atoms with Gasteiger partial charge in [0.2, 0.25) is 16.0 Å². The predicted octanol–water partition coefficient (Wildman–Crippen LogP) is 5.96. The van der Waals surface area contributed by atoms with Gasteiger partial charge in [0.25, 0.3) is 0 Å². The fraction of sp³-hybridized carbons (Fsp3) is 0.188. The van der Waals surface area contributed by atoms with E-state index in [0.717, 1.165) is 39.0 Å². The monoisotopic (exact) mass is 568 g/mol. The van der Waals surface area contributed by atoms with E-state index in [-0.39, 0.29) is 11.3 Å². The van der Waals surface area contributed by atoms with E-state index in [9.17, 15) is 13.2 Å². The summed E-state index contributed by atoms with van der Waals surface area (Å²) in [5.41, 5.74) is 7.71. The Labute approximate surface area is 239 Å². The molecule has 0 radical (unpaired) electrons. The molecular weight excluding hydrogens is 536 g/mol. The lowest BCUT2D eigenvalue weighted by atomic mass is 10.0. The van der Waals surface area contributed by atoms with Gasteiger partial charge in [-0.25, -0.2) is 13.4 Å². The zero-order chi connectivity index (χ0) is 29.1. The van der Waals surface area contributed by atoms with Crippen LogP contribution >= 0.6 is 0 Å². The Hall–Kier alpha value is -4.47. The number of anilines is 2. The van der Waals surface area contributed by atoms with Gasteiger partial charge in [-0.2, -0.15) is 4.72 Å². The summed E-state index contributed by atoms with van der Waals surface area (Å²) in [5, 5.41) is 3.32. The third kappa shape index (κ3) is 6.32. The number of aromatic nitrogens is 2. The first-order valence-corrected chi connectivity index (χ1v) is 14.7. The lowest BCUT2D eigenvalue weighted by Gasteiger charge is -2.19. The Bertz CT molecular complexity index is 1770. The lowest BCUT2D eigenvalue weighted by molar-refractivity contribution is -0.142. The van der Waals surface area contributed by atoms with E-state index < -0.39 is 22.0 Å². The minimum absolute atomic E-state index is 0.143. The van der Waals surface area contributed by atoms with Crippen LogP contribution in [0.5, 0.6) is 0 Å². The van der Waals surface area contributed by atoms with Crippen LogP contribution in [0.15, 0.2) is 89.8 Å². The first-order chi connectivity index (χ1) is 19.6. The number of methoxy groups -OCH3 is 1. The number of hydrogen-bond acceptors (Lipinski definition) is 6. The van der Waals surface area contributed by atoms with Crippen LogP contribution in [0.25, 0.3) is 22.2 Å². The molecule has 5 rings (SSSR count). The second-order valence-electron chi connectivity index (χ2n) is 10.1. The maximum absolute atomic E-state index is 13.3. The number of ether oxygens (including phenoxy) is 1. The summed E-state index contributed by atoms with van der Waals surface area (Å²) in [6.07, 6.45) is 0.143. The smallest absolute Gasteiger partial charge is 0.324 e. The van der Waals surface area contributed by atoms with Crippen molar-refractivity contribution in [3.05, 3.63) is 107 Å². The maximum Gasteiger partial charge on any atom is 0.324 e. The Morgan fingerprint density at radius 2 is 1.61 bits per heavy atom. The second-order valence-corrected chi connectivity index (χ2v) is 11.8. The zero-order valence-corrected chi connectivity index (χ0v) is 24.2. The number of nitrogens with one attached hydrogen (secondary N) is 3. The molecule has 1 heterocycles. The molecule has 0 saturated carbocycles. The normalized spacial score (nSPS) is 12.3. The van der Waals surface area contributed by atoms with Crippen molar-refractivity contribution >= 4 is 38.7 Å². The van der Waals surface area contributed by atoms with Crippen molar-refractivity contribution in [2.24, 2.45) is 0 Å². The van der Waals surface area contributed by atoms with E-state index in [1.54, 1.807) is 13.8 Å². The summed E-state index contributed by atoms with van der Waals surface area (Å²) in [6.45, 7) is 5.42. The molecule has 1 unspecified atom stereocenters. The SMILES string of the molecule is COC(=O)C(Cc1ccc(-c2cccc(Nc3nc4ccccc4[nH]3)c2)cc1)NS(=O)(=O)c1c(C)cc(C)cc1C. The number of imidazole rings is 1. The molecule has 1 aromatic heterocycles. The molecule has 0 saturated heterocycles. The molecule has 41 heavy (non-hydrogen) atoms. The van der Waals surface area contributed by atoms with Crippen LogP contribution in [0.2, 0.25) is 0 Å². The summed E-state index contributed by atoms with van der Waals surface area (Å²) < 4.78 is 34.2. The molecule has 0 bridgehead atoms. The molecule has 5 aromatic rings. The molecule has 3 N–H and O–H groups in total. The average molecular weight is 569 g/mol. The highest BCUT2D eigenvalue weighted by atomic mass is 32.2. The van der Waals surface area contributed by atoms with E-state index in [1.165, 1.54) is 7.11 Å². The molecule has 0 amide bonds. The number of fused-ring (bicyclic) bond motifs is 1. The number of carbonyl (C=O) groups excluding carboxylic acids is 1. The maximum atomic E-state index is 13.3. The number of H-pyrrole nitrogens is 1. The van der Waals surface area contributed by atoms with Gasteiger partial charge in [0.05, 0.1) is 23.0 Å². The predicted molar refractivity (Wildman–Crippen MR) is 162 cm³/mol. The summed E-state index contributed by atoms with van der Waals surface area (Å²) in [7, 11) is -2.72. The van der Waals surface area contributed by atoms with Gasteiger partial charge in [0.1, 0.15) is 6.04 Å². The minimum Gasteiger partial charge on any atom is -0.468 e. The highest BCUT2D eigenvalue weighted by molar-refractivity contribution is 7.89. The molecule has 8 nitrogen and oxygen atoms in total. The number of benzene rings is 4. The molecule has 210 valence electrons. The van der Waals surface area contributed by atoms with Gasteiger partial charge in [0.15, 0.2) is 0 Å². The number of rotatable bonds is 9. The summed E-state index contributed by atoms with van der Waals surface area (Å²) in [6, 6.07) is 26.0. The number of nitrogens with zero attached hydrogens (tertiary/aromatic N) is 1. The number of aromatic amines is 1. The van der Waals surface area contributed by atoms with Crippen molar-refractivity contribution in [1.82, 2.24) is 14.7 Å². The van der Waals surface area contributed by atoms with Crippen LogP contribution in [0.1, 0.15) is 22.3 Å². The molecule has 0 aliphatic carbocycles. The van der Waals surface area contributed by atoms with Crippen molar-refractivity contribution in [2.45, 2.75) is 38.1 Å². The highest BCUT2D eigenvalue weighted by Crippen LogP contribution is 2.26. The highest BCUT2D eigenvalue weighted by Gasteiger charge is 2.29. The standard InChI is InChI=1S/C32H32N4O4S/c1-20-16-21(2)30(22(3)17-20)41(38,39)36-29(31(37)40-4)18-23-12-14-24(15-13-23)25-8-7-9-26(19-25)33-32-34-27-10-5-6-11-28(27)35-32/h5-17,19,29,36H,18H2,1-4H3,(H2,33,34,35). The third-order valence-electron chi connectivity index (χ3n) is 6.90. The fourth-order valence-corrected chi connectivity index (χ4v) is 6.78. The van der Waals surface area contributed by atoms with Gasteiger partial charge in [-0.1, -0.05) is 66.2 Å².